The van der Waals surface area contributed by atoms with Gasteiger partial charge in [0.15, 0.2) is 0 Å². The maximum atomic E-state index is 11.8. The summed E-state index contributed by atoms with van der Waals surface area (Å²) in [5.41, 5.74) is 17.5. The fourth-order valence-corrected chi connectivity index (χ4v) is 10.1. The van der Waals surface area contributed by atoms with Gasteiger partial charge in [-0.05, 0) is 87.3 Å². The molecule has 0 saturated heterocycles. The maximum Gasteiger partial charge on any atom is 0.136 e. The summed E-state index contributed by atoms with van der Waals surface area (Å²) in [5, 5.41) is 29.4. The number of phenols is 2. The molecule has 0 spiro atoms. The van der Waals surface area contributed by atoms with E-state index >= 15 is 0 Å². The number of furan rings is 2. The number of aromatic hydroxyl groups is 2. The molecule has 5 heteroatoms. The van der Waals surface area contributed by atoms with Crippen molar-refractivity contribution in [3.63, 3.8) is 0 Å². The molecule has 0 atom stereocenters. The summed E-state index contributed by atoms with van der Waals surface area (Å²) < 4.78 is 12.7. The van der Waals surface area contributed by atoms with Crippen molar-refractivity contribution in [1.29, 1.82) is 0 Å². The normalized spacial score (nSPS) is 12.4. The van der Waals surface area contributed by atoms with Crippen molar-refractivity contribution in [2.24, 2.45) is 0 Å². The van der Waals surface area contributed by atoms with Gasteiger partial charge in [-0.15, -0.1) is 0 Å². The van der Waals surface area contributed by atoms with Gasteiger partial charge in [0.1, 0.15) is 33.8 Å². The molecule has 0 radical (unpaired) electrons. The molecular formula is C55H33NO4. The van der Waals surface area contributed by atoms with Crippen LogP contribution < -0.4 is 0 Å². The molecule has 1 aliphatic rings. The van der Waals surface area contributed by atoms with Crippen molar-refractivity contribution in [1.82, 2.24) is 4.98 Å². The van der Waals surface area contributed by atoms with Gasteiger partial charge in [0.2, 0.25) is 0 Å². The summed E-state index contributed by atoms with van der Waals surface area (Å²) in [6.07, 6.45) is 0.661. The van der Waals surface area contributed by atoms with Crippen LogP contribution in [0.4, 0.5) is 0 Å². The molecule has 9 aromatic carbocycles. The highest BCUT2D eigenvalue weighted by Gasteiger charge is 2.33. The lowest BCUT2D eigenvalue weighted by molar-refractivity contribution is 0.477. The third-order valence-corrected chi connectivity index (χ3v) is 12.7. The third-order valence-electron chi connectivity index (χ3n) is 12.7. The van der Waals surface area contributed by atoms with Gasteiger partial charge in [0.05, 0.1) is 11.0 Å². The molecular weight excluding hydrogens is 739 g/mol. The van der Waals surface area contributed by atoms with Crippen LogP contribution in [0.25, 0.3) is 121 Å². The van der Waals surface area contributed by atoms with Crippen LogP contribution in [-0.4, -0.2) is 15.2 Å². The van der Waals surface area contributed by atoms with E-state index in [9.17, 15) is 10.2 Å². The van der Waals surface area contributed by atoms with Crippen molar-refractivity contribution in [3.05, 3.63) is 181 Å². The summed E-state index contributed by atoms with van der Waals surface area (Å²) in [6, 6.07) is 57.7. The monoisotopic (exact) mass is 771 g/mol. The van der Waals surface area contributed by atoms with Crippen molar-refractivity contribution in [2.75, 3.05) is 0 Å². The molecule has 12 aromatic rings. The van der Waals surface area contributed by atoms with Crippen molar-refractivity contribution in [2.45, 2.75) is 6.42 Å². The van der Waals surface area contributed by atoms with Gasteiger partial charge in [-0.2, -0.15) is 0 Å². The van der Waals surface area contributed by atoms with Gasteiger partial charge in [-0.25, -0.2) is 0 Å². The van der Waals surface area contributed by atoms with Crippen LogP contribution in [0.1, 0.15) is 11.1 Å². The molecule has 3 aromatic heterocycles. The third kappa shape index (κ3) is 4.57. The highest BCUT2D eigenvalue weighted by Crippen LogP contribution is 2.56. The Hall–Kier alpha value is -8.02. The number of aromatic amines is 1. The molecule has 0 aliphatic heterocycles. The standard InChI is InChI=1S/C55H33NO4/c57-44-26-41-33-17-7-9-23-46(33)59-48(41)28-39(44)32-19-11-20-35-38(32)25-43-50(30-13-3-1-4-14-30)53-37-22-12-21-36(54(37)56-55(53)51(52(35)43)31-15-5-2-6-16-31)40-29-49-42(27-45(40)58)34-18-8-10-24-47(34)60-49/h1-24,26-29,56-58H,25H2. The molecule has 3 N–H and O–H groups in total. The maximum absolute atomic E-state index is 11.8. The number of aromatic nitrogens is 1. The van der Waals surface area contributed by atoms with Crippen molar-refractivity contribution < 1.29 is 19.0 Å². The first-order valence-corrected chi connectivity index (χ1v) is 20.2. The number of nitrogens with one attached hydrogen (secondary N) is 1. The van der Waals surface area contributed by atoms with E-state index in [0.29, 0.717) is 12.0 Å². The highest BCUT2D eigenvalue weighted by atomic mass is 16.3. The molecule has 5 nitrogen and oxygen atoms in total. The summed E-state index contributed by atoms with van der Waals surface area (Å²) in [7, 11) is 0. The second-order valence-corrected chi connectivity index (χ2v) is 15.9. The molecule has 3 heterocycles. The number of benzene rings is 9. The summed E-state index contributed by atoms with van der Waals surface area (Å²) >= 11 is 0. The fraction of sp³-hybridized carbons (Fsp3) is 0.0182. The molecule has 0 fully saturated rings. The van der Waals surface area contributed by atoms with E-state index < -0.39 is 0 Å². The smallest absolute Gasteiger partial charge is 0.136 e. The van der Waals surface area contributed by atoms with Gasteiger partial charge in [0.25, 0.3) is 0 Å². The summed E-state index contributed by atoms with van der Waals surface area (Å²) in [5.74, 6) is 0.416. The predicted octanol–water partition coefficient (Wildman–Crippen LogP) is 14.8. The van der Waals surface area contributed by atoms with Crippen LogP contribution in [0.5, 0.6) is 11.5 Å². The molecule has 282 valence electrons. The highest BCUT2D eigenvalue weighted by molar-refractivity contribution is 6.25. The lowest BCUT2D eigenvalue weighted by atomic mass is 9.85. The van der Waals surface area contributed by atoms with Crippen LogP contribution in [0.2, 0.25) is 0 Å². The van der Waals surface area contributed by atoms with Gasteiger partial charge < -0.3 is 24.0 Å². The number of rotatable bonds is 4. The lowest BCUT2D eigenvalue weighted by Gasteiger charge is -2.18. The number of phenolic OH excluding ortho intramolecular Hbond substituents is 2. The average Bonchev–Trinajstić information content (AvgIpc) is 4.06. The average molecular weight is 772 g/mol. The zero-order valence-corrected chi connectivity index (χ0v) is 32.1. The van der Waals surface area contributed by atoms with E-state index in [0.717, 1.165) is 110 Å². The Balaban J connectivity index is 1.11. The van der Waals surface area contributed by atoms with E-state index in [1.54, 1.807) is 0 Å². The van der Waals surface area contributed by atoms with Crippen molar-refractivity contribution in [3.8, 4) is 67.1 Å². The Labute approximate surface area is 343 Å². The first-order valence-electron chi connectivity index (χ1n) is 20.2. The topological polar surface area (TPSA) is 82.5 Å². The Bertz CT molecular complexity index is 3760. The zero-order chi connectivity index (χ0) is 39.6. The van der Waals surface area contributed by atoms with Crippen LogP contribution in [0.3, 0.4) is 0 Å². The second-order valence-electron chi connectivity index (χ2n) is 15.9. The molecule has 0 bridgehead atoms. The van der Waals surface area contributed by atoms with E-state index in [2.05, 4.69) is 102 Å². The SMILES string of the molecule is Oc1cc2c(cc1-c1cccc3c1Cc1c-3c(-c3ccccc3)c3[nH]c4c(-c5cc6oc7ccccc7c6cc5O)cccc4c3c1-c1ccccc1)oc1ccccc12. The van der Waals surface area contributed by atoms with E-state index in [1.807, 2.05) is 72.8 Å². The minimum Gasteiger partial charge on any atom is -0.507 e. The molecule has 0 saturated carbocycles. The minimum absolute atomic E-state index is 0.194. The number of hydrogen-bond acceptors (Lipinski definition) is 4. The summed E-state index contributed by atoms with van der Waals surface area (Å²) in [4.78, 5) is 3.98. The zero-order valence-electron chi connectivity index (χ0n) is 32.1. The molecule has 60 heavy (non-hydrogen) atoms. The molecule has 13 rings (SSSR count). The van der Waals surface area contributed by atoms with Gasteiger partial charge in [0, 0.05) is 54.6 Å². The van der Waals surface area contributed by atoms with E-state index in [-0.39, 0.29) is 11.5 Å². The van der Waals surface area contributed by atoms with Gasteiger partial charge in [-0.1, -0.05) is 133 Å². The molecule has 1 aliphatic carbocycles. The Morgan fingerprint density at radius 2 is 0.883 bits per heavy atom. The lowest BCUT2D eigenvalue weighted by Crippen LogP contribution is -1.94. The first-order chi connectivity index (χ1) is 29.6. The predicted molar refractivity (Wildman–Crippen MR) is 244 cm³/mol. The second kappa shape index (κ2) is 12.2. The minimum atomic E-state index is 0.194. The Morgan fingerprint density at radius 3 is 1.53 bits per heavy atom. The Kier molecular flexibility index (Phi) is 6.74. The fourth-order valence-electron chi connectivity index (χ4n) is 10.1. The van der Waals surface area contributed by atoms with Gasteiger partial charge >= 0.3 is 0 Å². The van der Waals surface area contributed by atoms with Gasteiger partial charge in [-0.3, -0.25) is 0 Å². The molecule has 0 amide bonds. The van der Waals surface area contributed by atoms with Crippen LogP contribution in [-0.2, 0) is 6.42 Å². The van der Waals surface area contributed by atoms with Crippen molar-refractivity contribution >= 4 is 65.7 Å². The Morgan fingerprint density at radius 1 is 0.367 bits per heavy atom. The van der Waals surface area contributed by atoms with Crippen LogP contribution >= 0.6 is 0 Å². The first kappa shape index (κ1) is 33.0. The van der Waals surface area contributed by atoms with Crippen LogP contribution in [0.15, 0.2) is 179 Å². The quantitative estimate of drug-likeness (QED) is 0.166. The number of hydrogen-bond donors (Lipinski definition) is 3. The largest absolute Gasteiger partial charge is 0.507 e. The van der Waals surface area contributed by atoms with E-state index in [4.69, 9.17) is 8.83 Å². The number of para-hydroxylation sites is 3. The number of fused-ring (bicyclic) bond motifs is 12. The molecule has 0 unspecified atom stereocenters. The van der Waals surface area contributed by atoms with E-state index in [1.165, 1.54) is 16.7 Å². The number of H-pyrrole nitrogens is 1. The van der Waals surface area contributed by atoms with Crippen LogP contribution in [0, 0.1) is 0 Å². The summed E-state index contributed by atoms with van der Waals surface area (Å²) in [6.45, 7) is 0.